The molecule has 0 radical (unpaired) electrons. The summed E-state index contributed by atoms with van der Waals surface area (Å²) in [6.45, 7) is 3.16. The molecule has 5 heteroatoms. The Morgan fingerprint density at radius 1 is 1.11 bits per heavy atom. The molecule has 0 saturated carbocycles. The topological polar surface area (TPSA) is 70.3 Å². The van der Waals surface area contributed by atoms with Crippen molar-refractivity contribution >= 4 is 0 Å². The van der Waals surface area contributed by atoms with Crippen LogP contribution in [0.5, 0.6) is 17.5 Å². The number of nitrogens with two attached hydrogens (primary N) is 1. The van der Waals surface area contributed by atoms with Crippen LogP contribution in [0.3, 0.4) is 0 Å². The van der Waals surface area contributed by atoms with Gasteiger partial charge in [-0.1, -0.05) is 19.1 Å². The molecule has 100 valence electrons. The maximum atomic E-state index is 5.60. The summed E-state index contributed by atoms with van der Waals surface area (Å²) >= 11 is 0. The Kier molecular flexibility index (Phi) is 4.69. The second kappa shape index (κ2) is 6.70. The fraction of sp³-hybridized carbons (Fsp3) is 0.286. The highest BCUT2D eigenvalue weighted by Gasteiger charge is 2.02. The van der Waals surface area contributed by atoms with Crippen LogP contribution in [0.2, 0.25) is 0 Å². The first-order chi connectivity index (χ1) is 9.31. The van der Waals surface area contributed by atoms with Gasteiger partial charge in [-0.25, -0.2) is 0 Å². The number of hydrogen-bond acceptors (Lipinski definition) is 5. The molecular weight excluding hydrogens is 242 g/mol. The van der Waals surface area contributed by atoms with E-state index < -0.39 is 0 Å². The van der Waals surface area contributed by atoms with Gasteiger partial charge in [-0.05, 0) is 24.1 Å². The van der Waals surface area contributed by atoms with Crippen LogP contribution >= 0.6 is 0 Å². The molecule has 0 saturated heterocycles. The zero-order valence-corrected chi connectivity index (χ0v) is 10.9. The zero-order valence-electron chi connectivity index (χ0n) is 10.9. The summed E-state index contributed by atoms with van der Waals surface area (Å²) in [7, 11) is 0. The van der Waals surface area contributed by atoms with Crippen molar-refractivity contribution in [3.63, 3.8) is 0 Å². The van der Waals surface area contributed by atoms with Gasteiger partial charge < -0.3 is 15.2 Å². The molecule has 0 aliphatic rings. The summed E-state index contributed by atoms with van der Waals surface area (Å²) < 4.78 is 11.0. The number of aromatic nitrogens is 2. The van der Waals surface area contributed by atoms with Crippen LogP contribution in [0.4, 0.5) is 0 Å². The maximum Gasteiger partial charge on any atom is 0.241 e. The van der Waals surface area contributed by atoms with E-state index >= 15 is 0 Å². The predicted octanol–water partition coefficient (Wildman–Crippen LogP) is 2.52. The fourth-order valence-electron chi connectivity index (χ4n) is 1.47. The summed E-state index contributed by atoms with van der Waals surface area (Å²) in [5.41, 5.74) is 6.59. The molecule has 0 spiro atoms. The lowest BCUT2D eigenvalue weighted by atomic mass is 10.2. The average molecular weight is 259 g/mol. The van der Waals surface area contributed by atoms with Gasteiger partial charge in [0.1, 0.15) is 5.75 Å². The van der Waals surface area contributed by atoms with Crippen molar-refractivity contribution in [2.24, 2.45) is 5.73 Å². The van der Waals surface area contributed by atoms with E-state index in [9.17, 15) is 0 Å². The van der Waals surface area contributed by atoms with E-state index in [1.807, 2.05) is 31.2 Å². The first kappa shape index (κ1) is 13.3. The molecule has 0 unspecified atom stereocenters. The van der Waals surface area contributed by atoms with Crippen molar-refractivity contribution in [2.45, 2.75) is 19.9 Å². The monoisotopic (exact) mass is 259 g/mol. The molecule has 2 N–H and O–H groups in total. The summed E-state index contributed by atoms with van der Waals surface area (Å²) in [6, 6.07) is 7.54. The fourth-order valence-corrected chi connectivity index (χ4v) is 1.47. The molecule has 0 aliphatic heterocycles. The minimum absolute atomic E-state index is 0.411. The minimum Gasteiger partial charge on any atom is -0.477 e. The molecule has 1 aromatic heterocycles. The largest absolute Gasteiger partial charge is 0.477 e. The molecule has 0 atom stereocenters. The third kappa shape index (κ3) is 3.93. The third-order valence-electron chi connectivity index (χ3n) is 2.43. The van der Waals surface area contributed by atoms with Crippen molar-refractivity contribution < 1.29 is 9.47 Å². The van der Waals surface area contributed by atoms with Crippen LogP contribution in [0, 0.1) is 0 Å². The normalized spacial score (nSPS) is 10.2. The molecule has 19 heavy (non-hydrogen) atoms. The number of ether oxygens (including phenoxy) is 2. The maximum absolute atomic E-state index is 5.60. The molecule has 5 nitrogen and oxygen atoms in total. The van der Waals surface area contributed by atoms with Crippen molar-refractivity contribution in [1.82, 2.24) is 9.97 Å². The van der Waals surface area contributed by atoms with Crippen LogP contribution in [-0.2, 0) is 6.54 Å². The number of benzene rings is 1. The Labute approximate surface area is 112 Å². The molecule has 0 amide bonds. The van der Waals surface area contributed by atoms with Crippen molar-refractivity contribution in [3.05, 3.63) is 42.2 Å². The Bertz CT molecular complexity index is 514. The highest BCUT2D eigenvalue weighted by Crippen LogP contribution is 2.20. The first-order valence-corrected chi connectivity index (χ1v) is 6.23. The van der Waals surface area contributed by atoms with Gasteiger partial charge in [0, 0.05) is 6.54 Å². The second-order valence-electron chi connectivity index (χ2n) is 3.99. The van der Waals surface area contributed by atoms with Gasteiger partial charge in [-0.2, -0.15) is 4.98 Å². The number of hydrogen-bond donors (Lipinski definition) is 1. The van der Waals surface area contributed by atoms with Crippen LogP contribution in [0.15, 0.2) is 36.7 Å². The molecule has 2 rings (SSSR count). The number of nitrogens with zero attached hydrogens (tertiary/aromatic N) is 2. The quantitative estimate of drug-likeness (QED) is 0.863. The summed E-state index contributed by atoms with van der Waals surface area (Å²) in [6.07, 6.45) is 4.04. The van der Waals surface area contributed by atoms with Gasteiger partial charge in [0.15, 0.2) is 0 Å². The van der Waals surface area contributed by atoms with E-state index in [2.05, 4.69) is 9.97 Å². The van der Waals surface area contributed by atoms with Gasteiger partial charge in [0.25, 0.3) is 0 Å². The van der Waals surface area contributed by atoms with Crippen LogP contribution in [-0.4, -0.2) is 16.6 Å². The SMILES string of the molecule is CCCOc1cncc(Oc2ccc(CN)cc2)n1. The molecular formula is C14H17N3O2. The Morgan fingerprint density at radius 3 is 2.53 bits per heavy atom. The molecule has 1 heterocycles. The van der Waals surface area contributed by atoms with E-state index in [0.29, 0.717) is 30.7 Å². The Balaban J connectivity index is 2.05. The molecule has 0 fully saturated rings. The van der Waals surface area contributed by atoms with Gasteiger partial charge in [-0.3, -0.25) is 4.98 Å². The highest BCUT2D eigenvalue weighted by molar-refractivity contribution is 5.30. The second-order valence-corrected chi connectivity index (χ2v) is 3.99. The van der Waals surface area contributed by atoms with Gasteiger partial charge in [0.05, 0.1) is 19.0 Å². The predicted molar refractivity (Wildman–Crippen MR) is 72.2 cm³/mol. The minimum atomic E-state index is 0.411. The summed E-state index contributed by atoms with van der Waals surface area (Å²) in [4.78, 5) is 8.25. The van der Waals surface area contributed by atoms with E-state index in [4.69, 9.17) is 15.2 Å². The Hall–Kier alpha value is -2.14. The molecule has 2 aromatic rings. The van der Waals surface area contributed by atoms with E-state index in [-0.39, 0.29) is 0 Å². The lowest BCUT2D eigenvalue weighted by Gasteiger charge is -2.07. The van der Waals surface area contributed by atoms with Gasteiger partial charge in [0.2, 0.25) is 11.8 Å². The first-order valence-electron chi connectivity index (χ1n) is 6.23. The smallest absolute Gasteiger partial charge is 0.241 e. The van der Waals surface area contributed by atoms with Crippen LogP contribution in [0.1, 0.15) is 18.9 Å². The molecule has 1 aromatic carbocycles. The highest BCUT2D eigenvalue weighted by atomic mass is 16.5. The lowest BCUT2D eigenvalue weighted by Crippen LogP contribution is -1.99. The van der Waals surface area contributed by atoms with E-state index in [1.54, 1.807) is 12.4 Å². The van der Waals surface area contributed by atoms with E-state index in [0.717, 1.165) is 12.0 Å². The lowest BCUT2D eigenvalue weighted by molar-refractivity contribution is 0.299. The summed E-state index contributed by atoms with van der Waals surface area (Å²) in [5, 5.41) is 0. The van der Waals surface area contributed by atoms with Crippen LogP contribution in [0.25, 0.3) is 0 Å². The standard InChI is InChI=1S/C14H17N3O2/c1-2-7-18-13-9-16-10-14(17-13)19-12-5-3-11(8-15)4-6-12/h3-6,9-10H,2,7-8,15H2,1H3. The molecule has 0 bridgehead atoms. The van der Waals surface area contributed by atoms with E-state index in [1.165, 1.54) is 0 Å². The van der Waals surface area contributed by atoms with Crippen molar-refractivity contribution in [3.8, 4) is 17.5 Å². The third-order valence-corrected chi connectivity index (χ3v) is 2.43. The molecule has 0 aliphatic carbocycles. The number of rotatable bonds is 6. The summed E-state index contributed by atoms with van der Waals surface area (Å²) in [5.74, 6) is 1.58. The van der Waals surface area contributed by atoms with Crippen LogP contribution < -0.4 is 15.2 Å². The zero-order chi connectivity index (χ0) is 13.5. The average Bonchev–Trinajstić information content (AvgIpc) is 2.46. The van der Waals surface area contributed by atoms with Crippen molar-refractivity contribution in [2.75, 3.05) is 6.61 Å². The Morgan fingerprint density at radius 2 is 1.84 bits per heavy atom. The van der Waals surface area contributed by atoms with Gasteiger partial charge >= 0.3 is 0 Å². The van der Waals surface area contributed by atoms with Gasteiger partial charge in [-0.15, -0.1) is 0 Å². The van der Waals surface area contributed by atoms with Crippen molar-refractivity contribution in [1.29, 1.82) is 0 Å².